The molecule has 1 heterocycles. The topological polar surface area (TPSA) is 66.8 Å². The maximum absolute atomic E-state index is 12.3. The monoisotopic (exact) mass is 357 g/mol. The van der Waals surface area contributed by atoms with Gasteiger partial charge in [0.2, 0.25) is 0 Å². The minimum Gasteiger partial charge on any atom is -0.480 e. The van der Waals surface area contributed by atoms with Gasteiger partial charge in [-0.05, 0) is 17.7 Å². The zero-order valence-electron chi connectivity index (χ0n) is 13.3. The first-order chi connectivity index (χ1) is 12.0. The number of hydrogen-bond donors (Lipinski definition) is 1. The van der Waals surface area contributed by atoms with Crippen LogP contribution in [-0.2, 0) is 16.0 Å². The van der Waals surface area contributed by atoms with Crippen LogP contribution in [0.2, 0.25) is 5.02 Å². The van der Waals surface area contributed by atoms with E-state index < -0.39 is 12.0 Å². The van der Waals surface area contributed by atoms with Crippen molar-refractivity contribution in [1.82, 2.24) is 4.90 Å². The molecule has 0 aliphatic carbocycles. The Morgan fingerprint density at radius 2 is 1.84 bits per heavy atom. The number of carboxylic acid groups (broad SMARTS) is 1. The SMILES string of the molecule is O=C(O)C(Cc1ccccc1)N1CC(Oc2ccccc2Cl)=CC1=O. The summed E-state index contributed by atoms with van der Waals surface area (Å²) in [4.78, 5) is 25.2. The van der Waals surface area contributed by atoms with E-state index in [-0.39, 0.29) is 18.9 Å². The van der Waals surface area contributed by atoms with Crippen LogP contribution in [0.15, 0.2) is 66.4 Å². The Hall–Kier alpha value is -2.79. The van der Waals surface area contributed by atoms with Gasteiger partial charge in [-0.3, -0.25) is 4.79 Å². The Labute approximate surface area is 150 Å². The second-order valence-electron chi connectivity index (χ2n) is 5.65. The lowest BCUT2D eigenvalue weighted by atomic mass is 10.0. The smallest absolute Gasteiger partial charge is 0.326 e. The number of halogens is 1. The van der Waals surface area contributed by atoms with Crippen molar-refractivity contribution in [3.63, 3.8) is 0 Å². The largest absolute Gasteiger partial charge is 0.480 e. The molecule has 1 N–H and O–H groups in total. The van der Waals surface area contributed by atoms with Crippen LogP contribution in [0.1, 0.15) is 5.56 Å². The van der Waals surface area contributed by atoms with Gasteiger partial charge < -0.3 is 14.7 Å². The second kappa shape index (κ2) is 7.40. The summed E-state index contributed by atoms with van der Waals surface area (Å²) < 4.78 is 5.66. The average molecular weight is 358 g/mol. The minimum absolute atomic E-state index is 0.0911. The number of rotatable bonds is 6. The molecule has 0 saturated heterocycles. The summed E-state index contributed by atoms with van der Waals surface area (Å²) >= 11 is 6.05. The highest BCUT2D eigenvalue weighted by Gasteiger charge is 2.34. The Morgan fingerprint density at radius 1 is 1.16 bits per heavy atom. The number of amides is 1. The van der Waals surface area contributed by atoms with Gasteiger partial charge in [0.05, 0.1) is 11.6 Å². The van der Waals surface area contributed by atoms with E-state index in [1.807, 2.05) is 30.3 Å². The molecule has 1 aliphatic rings. The molecule has 128 valence electrons. The highest BCUT2D eigenvalue weighted by atomic mass is 35.5. The highest BCUT2D eigenvalue weighted by Crippen LogP contribution is 2.27. The lowest BCUT2D eigenvalue weighted by Gasteiger charge is -2.24. The van der Waals surface area contributed by atoms with E-state index in [1.54, 1.807) is 24.3 Å². The molecule has 0 fully saturated rings. The van der Waals surface area contributed by atoms with Crippen molar-refractivity contribution in [1.29, 1.82) is 0 Å². The molecule has 1 unspecified atom stereocenters. The van der Waals surface area contributed by atoms with Gasteiger partial charge in [0.1, 0.15) is 17.6 Å². The summed E-state index contributed by atoms with van der Waals surface area (Å²) in [6.45, 7) is 0.0911. The predicted octanol–water partition coefficient (Wildman–Crippen LogP) is 3.14. The van der Waals surface area contributed by atoms with E-state index in [0.29, 0.717) is 16.5 Å². The van der Waals surface area contributed by atoms with Crippen LogP contribution in [-0.4, -0.2) is 34.5 Å². The molecule has 6 heteroatoms. The molecule has 0 spiro atoms. The normalized spacial score (nSPS) is 15.0. The fraction of sp³-hybridized carbons (Fsp3) is 0.158. The summed E-state index contributed by atoms with van der Waals surface area (Å²) in [5.74, 6) is -0.632. The zero-order chi connectivity index (χ0) is 17.8. The fourth-order valence-electron chi connectivity index (χ4n) is 2.67. The van der Waals surface area contributed by atoms with Gasteiger partial charge in [-0.25, -0.2) is 4.79 Å². The van der Waals surface area contributed by atoms with E-state index in [4.69, 9.17) is 16.3 Å². The molecule has 2 aromatic carbocycles. The van der Waals surface area contributed by atoms with E-state index >= 15 is 0 Å². The van der Waals surface area contributed by atoms with Crippen LogP contribution >= 0.6 is 11.6 Å². The van der Waals surface area contributed by atoms with Gasteiger partial charge in [-0.15, -0.1) is 0 Å². The van der Waals surface area contributed by atoms with E-state index in [2.05, 4.69) is 0 Å². The molecule has 25 heavy (non-hydrogen) atoms. The van der Waals surface area contributed by atoms with E-state index in [9.17, 15) is 14.7 Å². The first-order valence-corrected chi connectivity index (χ1v) is 8.12. The number of carbonyl (C=O) groups excluding carboxylic acids is 1. The number of ether oxygens (including phenoxy) is 1. The third kappa shape index (κ3) is 4.00. The molecule has 0 aromatic heterocycles. The maximum Gasteiger partial charge on any atom is 0.326 e. The molecule has 1 amide bonds. The van der Waals surface area contributed by atoms with E-state index in [0.717, 1.165) is 5.56 Å². The standard InChI is InChI=1S/C19H16ClNO4/c20-15-8-4-5-9-17(15)25-14-11-18(22)21(12-14)16(19(23)24)10-13-6-2-1-3-7-13/h1-9,11,16H,10,12H2,(H,23,24). The molecular formula is C19H16ClNO4. The van der Waals surface area contributed by atoms with Crippen LogP contribution < -0.4 is 4.74 Å². The molecule has 3 rings (SSSR count). The molecule has 5 nitrogen and oxygen atoms in total. The van der Waals surface area contributed by atoms with Gasteiger partial charge in [0.25, 0.3) is 5.91 Å². The van der Waals surface area contributed by atoms with Gasteiger partial charge in [0.15, 0.2) is 0 Å². The van der Waals surface area contributed by atoms with Crippen LogP contribution in [0, 0.1) is 0 Å². The van der Waals surface area contributed by atoms with Crippen molar-refractivity contribution < 1.29 is 19.4 Å². The lowest BCUT2D eigenvalue weighted by molar-refractivity contribution is -0.147. The van der Waals surface area contributed by atoms with Gasteiger partial charge >= 0.3 is 5.97 Å². The molecule has 0 bridgehead atoms. The van der Waals surface area contributed by atoms with Crippen LogP contribution in [0.3, 0.4) is 0 Å². The van der Waals surface area contributed by atoms with Gasteiger partial charge in [0, 0.05) is 12.5 Å². The summed E-state index contributed by atoms with van der Waals surface area (Å²) in [5.41, 5.74) is 0.850. The molecule has 1 aliphatic heterocycles. The van der Waals surface area contributed by atoms with Crippen LogP contribution in [0.25, 0.3) is 0 Å². The predicted molar refractivity (Wildman–Crippen MR) is 93.4 cm³/mol. The van der Waals surface area contributed by atoms with E-state index in [1.165, 1.54) is 11.0 Å². The van der Waals surface area contributed by atoms with Gasteiger partial charge in [-0.1, -0.05) is 54.1 Å². The number of aliphatic carboxylic acids is 1. The fourth-order valence-corrected chi connectivity index (χ4v) is 2.85. The summed E-state index contributed by atoms with van der Waals surface area (Å²) in [6, 6.07) is 15.2. The van der Waals surface area contributed by atoms with Crippen molar-refractivity contribution in [2.45, 2.75) is 12.5 Å². The van der Waals surface area contributed by atoms with Crippen LogP contribution in [0.4, 0.5) is 0 Å². The van der Waals surface area contributed by atoms with Crippen molar-refractivity contribution in [3.05, 3.63) is 77.0 Å². The zero-order valence-corrected chi connectivity index (χ0v) is 14.0. The van der Waals surface area contributed by atoms with Crippen molar-refractivity contribution in [2.24, 2.45) is 0 Å². The lowest BCUT2D eigenvalue weighted by Crippen LogP contribution is -2.44. The Morgan fingerprint density at radius 3 is 2.52 bits per heavy atom. The van der Waals surface area contributed by atoms with Crippen molar-refractivity contribution in [2.75, 3.05) is 6.54 Å². The van der Waals surface area contributed by atoms with Crippen molar-refractivity contribution in [3.8, 4) is 5.75 Å². The third-order valence-electron chi connectivity index (χ3n) is 3.90. The second-order valence-corrected chi connectivity index (χ2v) is 6.06. The molecule has 0 radical (unpaired) electrons. The number of nitrogens with zero attached hydrogens (tertiary/aromatic N) is 1. The Balaban J connectivity index is 1.73. The molecule has 2 aromatic rings. The summed E-state index contributed by atoms with van der Waals surface area (Å²) in [6.07, 6.45) is 1.54. The Kier molecular flexibility index (Phi) is 5.05. The molecular weight excluding hydrogens is 342 g/mol. The Bertz CT molecular complexity index is 819. The number of hydrogen-bond acceptors (Lipinski definition) is 3. The number of para-hydroxylation sites is 1. The molecule has 1 atom stereocenters. The molecule has 0 saturated carbocycles. The average Bonchev–Trinajstić information content (AvgIpc) is 2.95. The first kappa shape index (κ1) is 17.0. The summed E-state index contributed by atoms with van der Waals surface area (Å²) in [7, 11) is 0. The maximum atomic E-state index is 12.3. The number of benzene rings is 2. The number of carboxylic acids is 1. The van der Waals surface area contributed by atoms with Crippen molar-refractivity contribution >= 4 is 23.5 Å². The quantitative estimate of drug-likeness (QED) is 0.862. The highest BCUT2D eigenvalue weighted by molar-refractivity contribution is 6.32. The minimum atomic E-state index is -1.05. The van der Waals surface area contributed by atoms with Gasteiger partial charge in [-0.2, -0.15) is 0 Å². The third-order valence-corrected chi connectivity index (χ3v) is 4.22. The van der Waals surface area contributed by atoms with Crippen LogP contribution in [0.5, 0.6) is 5.75 Å². The number of carbonyl (C=O) groups is 2. The summed E-state index contributed by atoms with van der Waals surface area (Å²) in [5, 5.41) is 9.98. The first-order valence-electron chi connectivity index (χ1n) is 7.75.